The highest BCUT2D eigenvalue weighted by Gasteiger charge is 2.69. The molecule has 2 bridgehead atoms. The SMILES string of the molecule is O=C(COc1ccc(Cl)c(F)c1)NC12CC(NC(=O)C3CC=C(Cl)CN3)(C1)C2. The van der Waals surface area contributed by atoms with Crippen LogP contribution in [0.15, 0.2) is 29.3 Å². The molecular weight excluding hydrogens is 408 g/mol. The molecule has 1 unspecified atom stereocenters. The summed E-state index contributed by atoms with van der Waals surface area (Å²) in [7, 11) is 0. The predicted molar refractivity (Wildman–Crippen MR) is 103 cm³/mol. The van der Waals surface area contributed by atoms with Gasteiger partial charge in [-0.25, -0.2) is 4.39 Å². The summed E-state index contributed by atoms with van der Waals surface area (Å²) in [6.45, 7) is 0.297. The van der Waals surface area contributed by atoms with Gasteiger partial charge in [0, 0.05) is 28.7 Å². The second-order valence-electron chi connectivity index (χ2n) is 7.81. The van der Waals surface area contributed by atoms with Crippen LogP contribution in [0.2, 0.25) is 5.02 Å². The van der Waals surface area contributed by atoms with Gasteiger partial charge in [-0.1, -0.05) is 29.3 Å². The van der Waals surface area contributed by atoms with Crippen LogP contribution >= 0.6 is 23.2 Å². The minimum absolute atomic E-state index is 0.000518. The van der Waals surface area contributed by atoms with E-state index in [9.17, 15) is 14.0 Å². The number of nitrogens with one attached hydrogen (secondary N) is 3. The van der Waals surface area contributed by atoms with Gasteiger partial charge in [-0.3, -0.25) is 9.59 Å². The molecule has 0 radical (unpaired) electrons. The number of halogens is 3. The van der Waals surface area contributed by atoms with Gasteiger partial charge in [0.25, 0.3) is 5.91 Å². The van der Waals surface area contributed by atoms with E-state index in [2.05, 4.69) is 16.0 Å². The molecule has 150 valence electrons. The van der Waals surface area contributed by atoms with E-state index < -0.39 is 5.82 Å². The van der Waals surface area contributed by atoms with E-state index in [0.29, 0.717) is 32.2 Å². The quantitative estimate of drug-likeness (QED) is 0.650. The Bertz CT molecular complexity index is 841. The number of carbonyl (C=O) groups is 2. The normalized spacial score (nSPS) is 30.4. The van der Waals surface area contributed by atoms with Gasteiger partial charge in [0.15, 0.2) is 6.61 Å². The van der Waals surface area contributed by atoms with Crippen LogP contribution in [0.4, 0.5) is 4.39 Å². The Hall–Kier alpha value is -1.83. The largest absolute Gasteiger partial charge is 0.484 e. The molecule has 3 fully saturated rings. The standard InChI is InChI=1S/C19H20Cl2FN3O3/c20-11-1-4-15(23-6-11)17(27)25-19-8-18(9-19,10-19)24-16(26)7-28-12-2-3-13(21)14(22)5-12/h1-3,5,15,23H,4,6-10H2,(H,24,26)(H,25,27). The highest BCUT2D eigenvalue weighted by atomic mass is 35.5. The fraction of sp³-hybridized carbons (Fsp3) is 0.474. The first-order valence-electron chi connectivity index (χ1n) is 9.07. The second kappa shape index (κ2) is 7.21. The van der Waals surface area contributed by atoms with E-state index in [-0.39, 0.29) is 46.3 Å². The van der Waals surface area contributed by atoms with Crippen LogP contribution in [-0.2, 0) is 9.59 Å². The zero-order valence-corrected chi connectivity index (χ0v) is 16.5. The molecule has 0 saturated heterocycles. The number of rotatable bonds is 6. The van der Waals surface area contributed by atoms with Crippen LogP contribution in [0.1, 0.15) is 25.7 Å². The monoisotopic (exact) mass is 427 g/mol. The van der Waals surface area contributed by atoms with Crippen molar-refractivity contribution >= 4 is 35.0 Å². The molecule has 3 aliphatic carbocycles. The lowest BCUT2D eigenvalue weighted by Crippen LogP contribution is -2.84. The van der Waals surface area contributed by atoms with Gasteiger partial charge in [0.1, 0.15) is 11.6 Å². The number of amides is 2. The smallest absolute Gasteiger partial charge is 0.258 e. The summed E-state index contributed by atoms with van der Waals surface area (Å²) in [4.78, 5) is 24.5. The van der Waals surface area contributed by atoms with Crippen molar-refractivity contribution in [2.24, 2.45) is 0 Å². The lowest BCUT2D eigenvalue weighted by molar-refractivity contribution is -0.151. The van der Waals surface area contributed by atoms with Crippen LogP contribution in [0.5, 0.6) is 5.75 Å². The summed E-state index contributed by atoms with van der Waals surface area (Å²) < 4.78 is 18.7. The Kier molecular flexibility index (Phi) is 5.02. The highest BCUT2D eigenvalue weighted by molar-refractivity contribution is 6.30. The fourth-order valence-corrected chi connectivity index (χ4v) is 4.55. The van der Waals surface area contributed by atoms with Crippen molar-refractivity contribution in [3.63, 3.8) is 0 Å². The van der Waals surface area contributed by atoms with E-state index in [1.807, 2.05) is 6.08 Å². The average molecular weight is 428 g/mol. The topological polar surface area (TPSA) is 79.5 Å². The van der Waals surface area contributed by atoms with E-state index >= 15 is 0 Å². The maximum absolute atomic E-state index is 13.4. The number of carbonyl (C=O) groups excluding carboxylic acids is 2. The van der Waals surface area contributed by atoms with E-state index in [1.165, 1.54) is 12.1 Å². The van der Waals surface area contributed by atoms with Gasteiger partial charge in [0.05, 0.1) is 11.1 Å². The van der Waals surface area contributed by atoms with Gasteiger partial charge in [-0.05, 0) is 37.8 Å². The fourth-order valence-electron chi connectivity index (χ4n) is 4.27. The molecule has 0 aromatic heterocycles. The van der Waals surface area contributed by atoms with E-state index in [4.69, 9.17) is 27.9 Å². The minimum atomic E-state index is -0.595. The number of hydrogen-bond donors (Lipinski definition) is 3. The van der Waals surface area contributed by atoms with Crippen molar-refractivity contribution < 1.29 is 18.7 Å². The molecule has 1 aromatic carbocycles. The van der Waals surface area contributed by atoms with Crippen LogP contribution in [0.25, 0.3) is 0 Å². The van der Waals surface area contributed by atoms with Crippen molar-refractivity contribution in [2.75, 3.05) is 13.2 Å². The first-order chi connectivity index (χ1) is 13.3. The zero-order chi connectivity index (χ0) is 19.9. The van der Waals surface area contributed by atoms with Crippen molar-refractivity contribution in [1.82, 2.24) is 16.0 Å². The van der Waals surface area contributed by atoms with Crippen molar-refractivity contribution in [2.45, 2.75) is 42.8 Å². The van der Waals surface area contributed by atoms with Gasteiger partial charge in [-0.15, -0.1) is 0 Å². The van der Waals surface area contributed by atoms with Gasteiger partial charge >= 0.3 is 0 Å². The van der Waals surface area contributed by atoms with Crippen LogP contribution in [0, 0.1) is 5.82 Å². The van der Waals surface area contributed by atoms with Crippen LogP contribution in [0.3, 0.4) is 0 Å². The maximum Gasteiger partial charge on any atom is 0.258 e. The molecular formula is C19H20Cl2FN3O3. The summed E-state index contributed by atoms with van der Waals surface area (Å²) in [6, 6.07) is 3.76. The molecule has 1 aliphatic heterocycles. The van der Waals surface area contributed by atoms with Crippen molar-refractivity contribution in [3.8, 4) is 5.75 Å². The molecule has 3 saturated carbocycles. The van der Waals surface area contributed by atoms with Crippen molar-refractivity contribution in [1.29, 1.82) is 0 Å². The number of benzene rings is 1. The highest BCUT2D eigenvalue weighted by Crippen LogP contribution is 2.60. The maximum atomic E-state index is 13.4. The molecule has 0 spiro atoms. The molecule has 1 aromatic rings. The van der Waals surface area contributed by atoms with E-state index in [0.717, 1.165) is 11.1 Å². The molecule has 28 heavy (non-hydrogen) atoms. The third-order valence-corrected chi connectivity index (χ3v) is 6.09. The number of ether oxygens (including phenoxy) is 1. The summed E-state index contributed by atoms with van der Waals surface area (Å²) >= 11 is 11.5. The Morgan fingerprint density at radius 2 is 1.93 bits per heavy atom. The van der Waals surface area contributed by atoms with Crippen LogP contribution in [-0.4, -0.2) is 42.1 Å². The van der Waals surface area contributed by atoms with Crippen molar-refractivity contribution in [3.05, 3.63) is 40.1 Å². The lowest BCUT2D eigenvalue weighted by atomic mass is 9.44. The summed E-state index contributed by atoms with van der Waals surface area (Å²) in [5.74, 6) is -0.661. The predicted octanol–water partition coefficient (Wildman–Crippen LogP) is 2.25. The Labute approximate surface area is 171 Å². The molecule has 2 amide bonds. The molecule has 9 heteroatoms. The number of hydrogen-bond acceptors (Lipinski definition) is 4. The molecule has 1 heterocycles. The third-order valence-electron chi connectivity index (χ3n) is 5.49. The average Bonchev–Trinajstić information content (AvgIpc) is 2.60. The third kappa shape index (κ3) is 3.83. The molecule has 1 atom stereocenters. The first-order valence-corrected chi connectivity index (χ1v) is 9.83. The molecule has 6 nitrogen and oxygen atoms in total. The van der Waals surface area contributed by atoms with Gasteiger partial charge in [-0.2, -0.15) is 0 Å². The second-order valence-corrected chi connectivity index (χ2v) is 8.71. The van der Waals surface area contributed by atoms with E-state index in [1.54, 1.807) is 0 Å². The summed E-state index contributed by atoms with van der Waals surface area (Å²) in [5.41, 5.74) is -0.501. The lowest BCUT2D eigenvalue weighted by Gasteiger charge is -2.70. The summed E-state index contributed by atoms with van der Waals surface area (Å²) in [5, 5.41) is 9.89. The summed E-state index contributed by atoms with van der Waals surface area (Å²) in [6.07, 6.45) is 4.55. The zero-order valence-electron chi connectivity index (χ0n) is 15.0. The molecule has 5 rings (SSSR count). The Morgan fingerprint density at radius 1 is 1.21 bits per heavy atom. The first kappa shape index (κ1) is 19.5. The molecule has 3 N–H and O–H groups in total. The van der Waals surface area contributed by atoms with Gasteiger partial charge in [0.2, 0.25) is 5.91 Å². The minimum Gasteiger partial charge on any atom is -0.484 e. The molecule has 4 aliphatic rings. The Balaban J connectivity index is 1.20. The van der Waals surface area contributed by atoms with Crippen LogP contribution < -0.4 is 20.7 Å². The Morgan fingerprint density at radius 3 is 2.57 bits per heavy atom. The van der Waals surface area contributed by atoms with Gasteiger partial charge < -0.3 is 20.7 Å².